The van der Waals surface area contributed by atoms with E-state index in [0.29, 0.717) is 11.8 Å². The molecule has 1 saturated carbocycles. The number of halogens is 1. The van der Waals surface area contributed by atoms with E-state index in [2.05, 4.69) is 0 Å². The van der Waals surface area contributed by atoms with Crippen LogP contribution < -0.4 is 4.74 Å². The molecule has 1 amide bonds. The maximum atomic E-state index is 13.0. The van der Waals surface area contributed by atoms with Crippen LogP contribution in [0, 0.1) is 5.82 Å². The molecule has 1 aromatic rings. The van der Waals surface area contributed by atoms with Gasteiger partial charge in [-0.25, -0.2) is 4.39 Å². The fraction of sp³-hybridized carbons (Fsp3) is 0.611. The lowest BCUT2D eigenvalue weighted by atomic mass is 10.0. The summed E-state index contributed by atoms with van der Waals surface area (Å²) >= 11 is 0. The van der Waals surface area contributed by atoms with Gasteiger partial charge in [-0.05, 0) is 51.0 Å². The van der Waals surface area contributed by atoms with Gasteiger partial charge in [0.15, 0.2) is 5.60 Å². The number of rotatable bonds is 4. The quantitative estimate of drug-likeness (QED) is 0.782. The van der Waals surface area contributed by atoms with Crippen LogP contribution in [0.4, 0.5) is 4.39 Å². The third-order valence-corrected chi connectivity index (χ3v) is 4.39. The summed E-state index contributed by atoms with van der Waals surface area (Å²) < 4.78 is 18.8. The lowest BCUT2D eigenvalue weighted by molar-refractivity contribution is -0.146. The number of nitrogens with zero attached hydrogens (tertiary/aromatic N) is 1. The van der Waals surface area contributed by atoms with Gasteiger partial charge in [-0.1, -0.05) is 25.7 Å². The topological polar surface area (TPSA) is 29.5 Å². The molecule has 1 aromatic carbocycles. The van der Waals surface area contributed by atoms with Crippen molar-refractivity contribution in [2.45, 2.75) is 64.0 Å². The second-order valence-electron chi connectivity index (χ2n) is 6.63. The van der Waals surface area contributed by atoms with Gasteiger partial charge in [0.2, 0.25) is 0 Å². The van der Waals surface area contributed by atoms with Crippen molar-refractivity contribution in [1.82, 2.24) is 4.90 Å². The monoisotopic (exact) mass is 307 g/mol. The van der Waals surface area contributed by atoms with Gasteiger partial charge in [0, 0.05) is 13.1 Å². The first-order valence-electron chi connectivity index (χ1n) is 8.12. The van der Waals surface area contributed by atoms with Gasteiger partial charge in [0.05, 0.1) is 0 Å². The molecular weight excluding hydrogens is 281 g/mol. The van der Waals surface area contributed by atoms with Crippen molar-refractivity contribution in [3.05, 3.63) is 30.1 Å². The van der Waals surface area contributed by atoms with Crippen molar-refractivity contribution < 1.29 is 13.9 Å². The molecule has 3 nitrogen and oxygen atoms in total. The normalized spacial score (nSPS) is 16.9. The minimum absolute atomic E-state index is 0.0243. The molecule has 122 valence electrons. The van der Waals surface area contributed by atoms with E-state index < -0.39 is 5.60 Å². The average molecular weight is 307 g/mol. The van der Waals surface area contributed by atoms with Gasteiger partial charge in [0.1, 0.15) is 11.6 Å². The van der Waals surface area contributed by atoms with Crippen molar-refractivity contribution in [2.24, 2.45) is 0 Å². The van der Waals surface area contributed by atoms with Crippen molar-refractivity contribution in [3.63, 3.8) is 0 Å². The van der Waals surface area contributed by atoms with E-state index in [1.54, 1.807) is 26.0 Å². The summed E-state index contributed by atoms with van der Waals surface area (Å²) in [5, 5.41) is 0. The number of amides is 1. The van der Waals surface area contributed by atoms with Crippen LogP contribution in [0.1, 0.15) is 52.4 Å². The third-order valence-electron chi connectivity index (χ3n) is 4.39. The van der Waals surface area contributed by atoms with Crippen LogP contribution in [0.25, 0.3) is 0 Å². The first-order chi connectivity index (χ1) is 10.4. The molecule has 0 aliphatic heterocycles. The zero-order chi connectivity index (χ0) is 16.2. The SMILES string of the molecule is CN(C(=O)C(C)(C)Oc1ccc(F)cc1)C1CCCCCC1. The second kappa shape index (κ2) is 7.12. The number of likely N-dealkylation sites (N-methyl/N-ethyl adjacent to an activating group) is 1. The number of carbonyl (C=O) groups is 1. The second-order valence-corrected chi connectivity index (χ2v) is 6.63. The van der Waals surface area contributed by atoms with Gasteiger partial charge in [0.25, 0.3) is 5.91 Å². The van der Waals surface area contributed by atoms with Crippen LogP contribution >= 0.6 is 0 Å². The summed E-state index contributed by atoms with van der Waals surface area (Å²) in [5.41, 5.74) is -0.959. The minimum Gasteiger partial charge on any atom is -0.478 e. The Labute approximate surface area is 132 Å². The molecule has 1 aliphatic carbocycles. The Bertz CT molecular complexity index is 490. The predicted octanol–water partition coefficient (Wildman–Crippen LogP) is 4.16. The van der Waals surface area contributed by atoms with Crippen LogP contribution in [-0.2, 0) is 4.79 Å². The molecule has 0 N–H and O–H groups in total. The highest BCUT2D eigenvalue weighted by atomic mass is 19.1. The van der Waals surface area contributed by atoms with E-state index in [1.165, 1.54) is 37.8 Å². The Morgan fingerprint density at radius 1 is 1.14 bits per heavy atom. The number of hydrogen-bond acceptors (Lipinski definition) is 2. The number of benzene rings is 1. The van der Waals surface area contributed by atoms with Gasteiger partial charge in [-0.15, -0.1) is 0 Å². The summed E-state index contributed by atoms with van der Waals surface area (Å²) in [4.78, 5) is 14.6. The molecule has 0 bridgehead atoms. The Balaban J connectivity index is 2.03. The smallest absolute Gasteiger partial charge is 0.266 e. The van der Waals surface area contributed by atoms with Gasteiger partial charge in [-0.2, -0.15) is 0 Å². The zero-order valence-electron chi connectivity index (χ0n) is 13.8. The molecule has 0 unspecified atom stereocenters. The van der Waals surface area contributed by atoms with Crippen LogP contribution in [-0.4, -0.2) is 29.5 Å². The minimum atomic E-state index is -0.959. The maximum absolute atomic E-state index is 13.0. The van der Waals surface area contributed by atoms with Gasteiger partial charge < -0.3 is 9.64 Å². The summed E-state index contributed by atoms with van der Waals surface area (Å²) in [5.74, 6) is 0.171. The standard InChI is InChI=1S/C18H26FNO2/c1-18(2,22-16-12-10-14(19)11-13-16)17(21)20(3)15-8-6-4-5-7-9-15/h10-13,15H,4-9H2,1-3H3. The maximum Gasteiger partial charge on any atom is 0.266 e. The molecule has 0 atom stereocenters. The van der Waals surface area contributed by atoms with Crippen molar-refractivity contribution in [1.29, 1.82) is 0 Å². The molecular formula is C18H26FNO2. The average Bonchev–Trinajstić information content (AvgIpc) is 2.77. The summed E-state index contributed by atoms with van der Waals surface area (Å²) in [7, 11) is 1.87. The summed E-state index contributed by atoms with van der Waals surface area (Å²) in [6.45, 7) is 3.54. The molecule has 1 fully saturated rings. The third kappa shape index (κ3) is 4.21. The molecule has 0 radical (unpaired) electrons. The Morgan fingerprint density at radius 3 is 2.23 bits per heavy atom. The molecule has 0 spiro atoms. The molecule has 22 heavy (non-hydrogen) atoms. The highest BCUT2D eigenvalue weighted by molar-refractivity contribution is 5.84. The van der Waals surface area contributed by atoms with Crippen LogP contribution in [0.2, 0.25) is 0 Å². The van der Waals surface area contributed by atoms with Gasteiger partial charge in [-0.3, -0.25) is 4.79 Å². The van der Waals surface area contributed by atoms with Crippen LogP contribution in [0.3, 0.4) is 0 Å². The predicted molar refractivity (Wildman–Crippen MR) is 85.4 cm³/mol. The fourth-order valence-corrected chi connectivity index (χ4v) is 3.08. The number of carbonyl (C=O) groups excluding carboxylic acids is 1. The van der Waals surface area contributed by atoms with E-state index in [4.69, 9.17) is 4.74 Å². The number of ether oxygens (including phenoxy) is 1. The highest BCUT2D eigenvalue weighted by Gasteiger charge is 2.35. The Kier molecular flexibility index (Phi) is 5.43. The number of hydrogen-bond donors (Lipinski definition) is 0. The molecule has 4 heteroatoms. The largest absolute Gasteiger partial charge is 0.478 e. The Morgan fingerprint density at radius 2 is 1.68 bits per heavy atom. The van der Waals surface area contributed by atoms with E-state index >= 15 is 0 Å². The fourth-order valence-electron chi connectivity index (χ4n) is 3.08. The zero-order valence-corrected chi connectivity index (χ0v) is 13.8. The summed E-state index contributed by atoms with van der Waals surface area (Å²) in [6, 6.07) is 6.08. The van der Waals surface area contributed by atoms with E-state index in [0.717, 1.165) is 12.8 Å². The van der Waals surface area contributed by atoms with Gasteiger partial charge >= 0.3 is 0 Å². The van der Waals surface area contributed by atoms with Crippen molar-refractivity contribution >= 4 is 5.91 Å². The highest BCUT2D eigenvalue weighted by Crippen LogP contribution is 2.25. The first kappa shape index (κ1) is 16.8. The molecule has 0 heterocycles. The first-order valence-corrected chi connectivity index (χ1v) is 8.12. The Hall–Kier alpha value is -1.58. The molecule has 2 rings (SSSR count). The lowest BCUT2D eigenvalue weighted by Gasteiger charge is -2.34. The molecule has 1 aliphatic rings. The van der Waals surface area contributed by atoms with E-state index in [1.807, 2.05) is 11.9 Å². The lowest BCUT2D eigenvalue weighted by Crippen LogP contribution is -2.50. The summed E-state index contributed by atoms with van der Waals surface area (Å²) in [6.07, 6.45) is 7.01. The van der Waals surface area contributed by atoms with Crippen molar-refractivity contribution in [3.8, 4) is 5.75 Å². The molecule has 0 saturated heterocycles. The van der Waals surface area contributed by atoms with Crippen LogP contribution in [0.15, 0.2) is 24.3 Å². The molecule has 0 aromatic heterocycles. The van der Waals surface area contributed by atoms with Crippen molar-refractivity contribution in [2.75, 3.05) is 7.05 Å². The van der Waals surface area contributed by atoms with E-state index in [-0.39, 0.29) is 11.7 Å². The van der Waals surface area contributed by atoms with E-state index in [9.17, 15) is 9.18 Å². The van der Waals surface area contributed by atoms with Crippen LogP contribution in [0.5, 0.6) is 5.75 Å².